The molecule has 10 heteroatoms. The second-order valence-electron chi connectivity index (χ2n) is 5.20. The van der Waals surface area contributed by atoms with Gasteiger partial charge in [0, 0.05) is 45.5 Å². The molecule has 0 saturated carbocycles. The lowest BCUT2D eigenvalue weighted by molar-refractivity contribution is 0.0636. The van der Waals surface area contributed by atoms with Gasteiger partial charge in [0.25, 0.3) is 16.1 Å². The molecule has 0 aliphatic carbocycles. The van der Waals surface area contributed by atoms with Gasteiger partial charge in [-0.1, -0.05) is 0 Å². The molecule has 2 aliphatic rings. The zero-order valence-corrected chi connectivity index (χ0v) is 13.0. The van der Waals surface area contributed by atoms with Crippen LogP contribution in [0.1, 0.15) is 10.4 Å². The van der Waals surface area contributed by atoms with Crippen LogP contribution < -0.4 is 0 Å². The van der Waals surface area contributed by atoms with Crippen LogP contribution in [0.5, 0.6) is 0 Å². The van der Waals surface area contributed by atoms with Gasteiger partial charge in [-0.05, 0) is 0 Å². The van der Waals surface area contributed by atoms with Crippen molar-refractivity contribution in [2.24, 2.45) is 0 Å². The Morgan fingerprint density at radius 3 is 2.32 bits per heavy atom. The average Bonchev–Trinajstić information content (AvgIpc) is 3.09. The van der Waals surface area contributed by atoms with Gasteiger partial charge in [-0.25, -0.2) is 0 Å². The molecule has 122 valence electrons. The average molecular weight is 329 g/mol. The summed E-state index contributed by atoms with van der Waals surface area (Å²) in [5, 5.41) is 6.36. The number of aromatic amines is 1. The normalized spacial score (nSPS) is 21.9. The van der Waals surface area contributed by atoms with Gasteiger partial charge in [-0.3, -0.25) is 9.89 Å². The van der Waals surface area contributed by atoms with E-state index in [0.717, 1.165) is 0 Å². The van der Waals surface area contributed by atoms with Crippen LogP contribution in [-0.4, -0.2) is 90.5 Å². The molecule has 1 aromatic rings. The maximum atomic E-state index is 12.5. The Kier molecular flexibility index (Phi) is 4.43. The second-order valence-corrected chi connectivity index (χ2v) is 7.13. The van der Waals surface area contributed by atoms with Crippen molar-refractivity contribution in [2.45, 2.75) is 0 Å². The number of ether oxygens (including phenoxy) is 1. The molecule has 3 rings (SSSR count). The fourth-order valence-electron chi connectivity index (χ4n) is 2.61. The minimum absolute atomic E-state index is 0.128. The number of aromatic nitrogens is 2. The maximum absolute atomic E-state index is 12.5. The van der Waals surface area contributed by atoms with E-state index in [0.29, 0.717) is 58.0 Å². The second kappa shape index (κ2) is 6.32. The van der Waals surface area contributed by atoms with Crippen LogP contribution >= 0.6 is 0 Å². The Morgan fingerprint density at radius 1 is 1.09 bits per heavy atom. The zero-order chi connectivity index (χ0) is 15.6. The molecule has 1 amide bonds. The van der Waals surface area contributed by atoms with Crippen LogP contribution in [0.3, 0.4) is 0 Å². The summed E-state index contributed by atoms with van der Waals surface area (Å²) in [4.78, 5) is 13.8. The number of amides is 1. The first-order valence-electron chi connectivity index (χ1n) is 7.20. The van der Waals surface area contributed by atoms with E-state index in [9.17, 15) is 13.2 Å². The number of nitrogens with zero attached hydrogens (tertiary/aromatic N) is 4. The summed E-state index contributed by atoms with van der Waals surface area (Å²) >= 11 is 0. The van der Waals surface area contributed by atoms with Gasteiger partial charge in [0.2, 0.25) is 0 Å². The van der Waals surface area contributed by atoms with Crippen molar-refractivity contribution in [3.05, 3.63) is 18.0 Å². The van der Waals surface area contributed by atoms with Gasteiger partial charge in [0.15, 0.2) is 0 Å². The van der Waals surface area contributed by atoms with Gasteiger partial charge in [0.1, 0.15) is 0 Å². The van der Waals surface area contributed by atoms with Crippen molar-refractivity contribution in [1.29, 1.82) is 0 Å². The highest BCUT2D eigenvalue weighted by Gasteiger charge is 2.34. The van der Waals surface area contributed by atoms with Crippen LogP contribution in [0.15, 0.2) is 12.4 Å². The minimum Gasteiger partial charge on any atom is -0.379 e. The van der Waals surface area contributed by atoms with Crippen LogP contribution in [0.2, 0.25) is 0 Å². The smallest absolute Gasteiger partial charge is 0.282 e. The Balaban J connectivity index is 1.60. The maximum Gasteiger partial charge on any atom is 0.282 e. The predicted octanol–water partition coefficient (Wildman–Crippen LogP) is -1.26. The summed E-state index contributed by atoms with van der Waals surface area (Å²) in [5.41, 5.74) is 0.490. The van der Waals surface area contributed by atoms with E-state index in [-0.39, 0.29) is 5.91 Å². The van der Waals surface area contributed by atoms with Gasteiger partial charge < -0.3 is 9.64 Å². The van der Waals surface area contributed by atoms with E-state index in [1.807, 2.05) is 0 Å². The lowest BCUT2D eigenvalue weighted by atomic mass is 10.2. The van der Waals surface area contributed by atoms with Gasteiger partial charge in [0.05, 0.1) is 25.0 Å². The molecule has 2 saturated heterocycles. The number of hydrogen-bond donors (Lipinski definition) is 1. The van der Waals surface area contributed by atoms with E-state index >= 15 is 0 Å². The molecular weight excluding hydrogens is 310 g/mol. The molecule has 0 radical (unpaired) electrons. The Hall–Kier alpha value is -1.49. The Labute approximate surface area is 129 Å². The lowest BCUT2D eigenvalue weighted by Crippen LogP contribution is -2.55. The monoisotopic (exact) mass is 329 g/mol. The topological polar surface area (TPSA) is 98.8 Å². The summed E-state index contributed by atoms with van der Waals surface area (Å²) < 4.78 is 33.1. The van der Waals surface area contributed by atoms with Crippen molar-refractivity contribution in [2.75, 3.05) is 52.5 Å². The van der Waals surface area contributed by atoms with E-state index in [4.69, 9.17) is 4.74 Å². The third-order valence-corrected chi connectivity index (χ3v) is 5.93. The number of nitrogens with one attached hydrogen (secondary N) is 1. The number of carbonyl (C=O) groups is 1. The number of piperazine rings is 1. The molecule has 2 fully saturated rings. The van der Waals surface area contributed by atoms with Crippen LogP contribution in [0.25, 0.3) is 0 Å². The van der Waals surface area contributed by atoms with E-state index < -0.39 is 10.2 Å². The van der Waals surface area contributed by atoms with Gasteiger partial charge >= 0.3 is 0 Å². The van der Waals surface area contributed by atoms with Crippen molar-refractivity contribution >= 4 is 16.1 Å². The van der Waals surface area contributed by atoms with E-state index in [2.05, 4.69) is 10.2 Å². The van der Waals surface area contributed by atoms with Crippen LogP contribution in [0, 0.1) is 0 Å². The minimum atomic E-state index is -3.46. The Morgan fingerprint density at radius 2 is 1.73 bits per heavy atom. The third kappa shape index (κ3) is 3.00. The summed E-state index contributed by atoms with van der Waals surface area (Å²) in [6, 6.07) is 0. The number of hydrogen-bond acceptors (Lipinski definition) is 5. The number of carbonyl (C=O) groups excluding carboxylic acids is 1. The SMILES string of the molecule is O=C(c1cn[nH]c1)N1CCN(S(=O)(=O)N2CCOCC2)CC1. The highest BCUT2D eigenvalue weighted by molar-refractivity contribution is 7.86. The molecule has 2 aliphatic heterocycles. The molecule has 3 heterocycles. The van der Waals surface area contributed by atoms with Crippen molar-refractivity contribution in [3.63, 3.8) is 0 Å². The largest absolute Gasteiger partial charge is 0.379 e. The molecule has 0 unspecified atom stereocenters. The predicted molar refractivity (Wildman–Crippen MR) is 77.4 cm³/mol. The molecule has 9 nitrogen and oxygen atoms in total. The highest BCUT2D eigenvalue weighted by Crippen LogP contribution is 2.15. The lowest BCUT2D eigenvalue weighted by Gasteiger charge is -2.37. The van der Waals surface area contributed by atoms with Gasteiger partial charge in [-0.15, -0.1) is 0 Å². The van der Waals surface area contributed by atoms with Crippen LogP contribution in [0.4, 0.5) is 0 Å². The van der Waals surface area contributed by atoms with E-state index in [1.54, 1.807) is 11.1 Å². The first kappa shape index (κ1) is 15.4. The molecule has 0 spiro atoms. The number of H-pyrrole nitrogens is 1. The molecule has 1 N–H and O–H groups in total. The summed E-state index contributed by atoms with van der Waals surface area (Å²) in [5.74, 6) is -0.128. The van der Waals surface area contributed by atoms with Crippen molar-refractivity contribution < 1.29 is 17.9 Å². The quantitative estimate of drug-likeness (QED) is 0.747. The first-order valence-corrected chi connectivity index (χ1v) is 8.60. The number of rotatable bonds is 3. The van der Waals surface area contributed by atoms with Gasteiger partial charge in [-0.2, -0.15) is 22.1 Å². The standard InChI is InChI=1S/C12H19N5O4S/c18-12(11-9-13-14-10-11)15-1-3-16(4-2-15)22(19,20)17-5-7-21-8-6-17/h9-10H,1-8H2,(H,13,14). The van der Waals surface area contributed by atoms with Crippen LogP contribution in [-0.2, 0) is 14.9 Å². The first-order chi connectivity index (χ1) is 10.6. The molecule has 0 atom stereocenters. The highest BCUT2D eigenvalue weighted by atomic mass is 32.2. The molecular formula is C12H19N5O4S. The fourth-order valence-corrected chi connectivity index (χ4v) is 4.17. The molecule has 1 aromatic heterocycles. The summed E-state index contributed by atoms with van der Waals surface area (Å²) in [6.07, 6.45) is 3.01. The third-order valence-electron chi connectivity index (χ3n) is 3.89. The Bertz CT molecular complexity index is 603. The molecule has 22 heavy (non-hydrogen) atoms. The molecule has 0 aromatic carbocycles. The molecule has 0 bridgehead atoms. The summed E-state index contributed by atoms with van der Waals surface area (Å²) in [7, 11) is -3.46. The zero-order valence-electron chi connectivity index (χ0n) is 12.1. The van der Waals surface area contributed by atoms with E-state index in [1.165, 1.54) is 14.8 Å². The summed E-state index contributed by atoms with van der Waals surface area (Å²) in [6.45, 7) is 3.01. The fraction of sp³-hybridized carbons (Fsp3) is 0.667. The number of morpholine rings is 1. The van der Waals surface area contributed by atoms with Crippen molar-refractivity contribution in [3.8, 4) is 0 Å². The van der Waals surface area contributed by atoms with Crippen molar-refractivity contribution in [1.82, 2.24) is 23.7 Å².